The van der Waals surface area contributed by atoms with E-state index >= 15 is 0 Å². The van der Waals surface area contributed by atoms with Crippen LogP contribution >= 0.6 is 15.9 Å². The average molecular weight is 313 g/mol. The van der Waals surface area contributed by atoms with Crippen molar-refractivity contribution >= 4 is 21.9 Å². The summed E-state index contributed by atoms with van der Waals surface area (Å²) >= 11 is 3.43. The summed E-state index contributed by atoms with van der Waals surface area (Å²) in [5.41, 5.74) is 2.02. The molecule has 0 atom stereocenters. The number of hydrogen-bond acceptors (Lipinski definition) is 2. The van der Waals surface area contributed by atoms with Gasteiger partial charge in [-0.2, -0.15) is 0 Å². The van der Waals surface area contributed by atoms with Crippen LogP contribution in [0.5, 0.6) is 0 Å². The third-order valence-electron chi connectivity index (χ3n) is 2.88. The van der Waals surface area contributed by atoms with Crippen LogP contribution in [0.3, 0.4) is 0 Å². The van der Waals surface area contributed by atoms with E-state index in [9.17, 15) is 4.79 Å². The first kappa shape index (κ1) is 15.2. The molecule has 18 heavy (non-hydrogen) atoms. The van der Waals surface area contributed by atoms with Gasteiger partial charge < -0.3 is 4.74 Å². The molecule has 0 aromatic heterocycles. The van der Waals surface area contributed by atoms with Gasteiger partial charge in [0.1, 0.15) is 0 Å². The molecule has 1 rings (SSSR count). The Balaban J connectivity index is 2.68. The summed E-state index contributed by atoms with van der Waals surface area (Å²) in [5.74, 6) is -0.130. The highest BCUT2D eigenvalue weighted by atomic mass is 79.9. The van der Waals surface area contributed by atoms with Gasteiger partial charge in [-0.25, -0.2) is 0 Å². The van der Waals surface area contributed by atoms with Crippen molar-refractivity contribution in [1.29, 1.82) is 0 Å². The largest absolute Gasteiger partial charge is 0.466 e. The summed E-state index contributed by atoms with van der Waals surface area (Å²) in [4.78, 5) is 11.8. The zero-order valence-corrected chi connectivity index (χ0v) is 12.9. The second-order valence-electron chi connectivity index (χ2n) is 5.04. The molecule has 2 nitrogen and oxygen atoms in total. The van der Waals surface area contributed by atoms with Crippen LogP contribution in [-0.2, 0) is 22.4 Å². The van der Waals surface area contributed by atoms with Crippen LogP contribution in [0.2, 0.25) is 0 Å². The molecule has 0 aliphatic carbocycles. The lowest BCUT2D eigenvalue weighted by molar-refractivity contribution is -0.153. The van der Waals surface area contributed by atoms with E-state index in [2.05, 4.69) is 40.2 Å². The van der Waals surface area contributed by atoms with E-state index in [1.807, 2.05) is 20.8 Å². The normalized spacial score (nSPS) is 11.3. The topological polar surface area (TPSA) is 26.3 Å². The van der Waals surface area contributed by atoms with Crippen molar-refractivity contribution in [2.45, 2.75) is 33.6 Å². The Bertz CT molecular complexity index is 382. The Labute approximate surface area is 118 Å². The van der Waals surface area contributed by atoms with Gasteiger partial charge in [0, 0.05) is 5.33 Å². The molecule has 0 heterocycles. The number of hydrogen-bond donors (Lipinski definition) is 0. The summed E-state index contributed by atoms with van der Waals surface area (Å²) in [6.07, 6.45) is 1.74. The first-order valence-electron chi connectivity index (χ1n) is 6.30. The van der Waals surface area contributed by atoms with Crippen LogP contribution in [0, 0.1) is 5.41 Å². The van der Waals surface area contributed by atoms with E-state index in [1.165, 1.54) is 11.1 Å². The van der Waals surface area contributed by atoms with Gasteiger partial charge in [0.15, 0.2) is 0 Å². The number of halogens is 1. The molecular formula is C15H21BrO2. The number of carbonyl (C=O) groups is 1. The van der Waals surface area contributed by atoms with Crippen LogP contribution in [0.4, 0.5) is 0 Å². The lowest BCUT2D eigenvalue weighted by atomic mass is 9.85. The molecule has 0 bridgehead atoms. The Morgan fingerprint density at radius 2 is 1.78 bits per heavy atom. The number of alkyl halides is 1. The second-order valence-corrected chi connectivity index (χ2v) is 5.83. The predicted molar refractivity (Wildman–Crippen MR) is 78.1 cm³/mol. The molecule has 0 fully saturated rings. The Morgan fingerprint density at radius 1 is 1.22 bits per heavy atom. The summed E-state index contributed by atoms with van der Waals surface area (Å²) in [5, 5.41) is 0.973. The monoisotopic (exact) mass is 312 g/mol. The van der Waals surface area contributed by atoms with Gasteiger partial charge in [0.25, 0.3) is 0 Å². The number of aryl methyl sites for hydroxylation is 1. The lowest BCUT2D eigenvalue weighted by Crippen LogP contribution is -2.28. The van der Waals surface area contributed by atoms with Crippen molar-refractivity contribution in [3.8, 4) is 0 Å². The van der Waals surface area contributed by atoms with Gasteiger partial charge in [0.2, 0.25) is 0 Å². The molecule has 0 radical (unpaired) electrons. The van der Waals surface area contributed by atoms with Crippen LogP contribution in [-0.4, -0.2) is 17.9 Å². The molecule has 1 aromatic carbocycles. The number of ether oxygens (including phenoxy) is 1. The molecule has 0 amide bonds. The molecule has 0 aliphatic rings. The van der Waals surface area contributed by atoms with E-state index in [0.717, 1.165) is 11.8 Å². The molecule has 0 unspecified atom stereocenters. The minimum absolute atomic E-state index is 0.130. The van der Waals surface area contributed by atoms with Crippen molar-refractivity contribution in [1.82, 2.24) is 0 Å². The molecule has 0 saturated carbocycles. The fourth-order valence-electron chi connectivity index (χ4n) is 1.84. The third-order valence-corrected chi connectivity index (χ3v) is 3.28. The van der Waals surface area contributed by atoms with Crippen LogP contribution in [0.1, 0.15) is 31.9 Å². The molecule has 1 aromatic rings. The molecule has 3 heteroatoms. The first-order chi connectivity index (χ1) is 8.49. The fraction of sp³-hybridized carbons (Fsp3) is 0.533. The van der Waals surface area contributed by atoms with Gasteiger partial charge in [0.05, 0.1) is 12.0 Å². The highest BCUT2D eigenvalue weighted by Gasteiger charge is 2.29. The van der Waals surface area contributed by atoms with Gasteiger partial charge in [-0.15, -0.1) is 0 Å². The Hall–Kier alpha value is -0.830. The SMILES string of the molecule is CCOC(=O)C(C)(C)Cc1ccc(CCBr)cc1. The molecule has 0 saturated heterocycles. The van der Waals surface area contributed by atoms with Gasteiger partial charge in [-0.05, 0) is 44.7 Å². The molecule has 0 aliphatic heterocycles. The Kier molecular flexibility index (Phi) is 5.86. The van der Waals surface area contributed by atoms with E-state index in [1.54, 1.807) is 0 Å². The lowest BCUT2D eigenvalue weighted by Gasteiger charge is -2.22. The predicted octanol–water partition coefficient (Wildman–Crippen LogP) is 3.76. The molecule has 0 N–H and O–H groups in total. The highest BCUT2D eigenvalue weighted by molar-refractivity contribution is 9.09. The third kappa shape index (κ3) is 4.45. The van der Waals surface area contributed by atoms with Crippen molar-refractivity contribution in [3.05, 3.63) is 35.4 Å². The molecular weight excluding hydrogens is 292 g/mol. The van der Waals surface area contributed by atoms with Crippen LogP contribution in [0.15, 0.2) is 24.3 Å². The number of esters is 1. The maximum Gasteiger partial charge on any atom is 0.311 e. The van der Waals surface area contributed by atoms with Gasteiger partial charge in [-0.1, -0.05) is 40.2 Å². The summed E-state index contributed by atoms with van der Waals surface area (Å²) in [6.45, 7) is 6.13. The van der Waals surface area contributed by atoms with Gasteiger partial charge >= 0.3 is 5.97 Å². The molecule has 0 spiro atoms. The van der Waals surface area contributed by atoms with Crippen molar-refractivity contribution in [3.63, 3.8) is 0 Å². The quantitative estimate of drug-likeness (QED) is 0.590. The summed E-state index contributed by atoms with van der Waals surface area (Å²) in [7, 11) is 0. The maximum atomic E-state index is 11.8. The van der Waals surface area contributed by atoms with Crippen LogP contribution in [0.25, 0.3) is 0 Å². The minimum Gasteiger partial charge on any atom is -0.466 e. The maximum absolute atomic E-state index is 11.8. The summed E-state index contributed by atoms with van der Waals surface area (Å²) < 4.78 is 5.10. The van der Waals surface area contributed by atoms with Gasteiger partial charge in [-0.3, -0.25) is 4.79 Å². The Morgan fingerprint density at radius 3 is 2.28 bits per heavy atom. The highest BCUT2D eigenvalue weighted by Crippen LogP contribution is 2.24. The van der Waals surface area contributed by atoms with E-state index < -0.39 is 5.41 Å². The fourth-order valence-corrected chi connectivity index (χ4v) is 2.30. The number of rotatable bonds is 6. The zero-order chi connectivity index (χ0) is 13.6. The zero-order valence-electron chi connectivity index (χ0n) is 11.3. The second kappa shape index (κ2) is 6.93. The minimum atomic E-state index is -0.465. The standard InChI is InChI=1S/C15H21BrO2/c1-4-18-14(17)15(2,3)11-13-7-5-12(6-8-13)9-10-16/h5-8H,4,9-11H2,1-3H3. The van der Waals surface area contributed by atoms with E-state index in [0.29, 0.717) is 13.0 Å². The van der Waals surface area contributed by atoms with Crippen LogP contribution < -0.4 is 0 Å². The van der Waals surface area contributed by atoms with E-state index in [-0.39, 0.29) is 5.97 Å². The van der Waals surface area contributed by atoms with Crippen molar-refractivity contribution in [2.24, 2.45) is 5.41 Å². The van der Waals surface area contributed by atoms with Crippen molar-refractivity contribution < 1.29 is 9.53 Å². The number of benzene rings is 1. The summed E-state index contributed by atoms with van der Waals surface area (Å²) in [6, 6.07) is 8.44. The smallest absolute Gasteiger partial charge is 0.311 e. The van der Waals surface area contributed by atoms with E-state index in [4.69, 9.17) is 4.74 Å². The number of carbonyl (C=O) groups excluding carboxylic acids is 1. The first-order valence-corrected chi connectivity index (χ1v) is 7.42. The van der Waals surface area contributed by atoms with Crippen molar-refractivity contribution in [2.75, 3.05) is 11.9 Å². The molecule has 100 valence electrons. The average Bonchev–Trinajstić information content (AvgIpc) is 2.32.